The van der Waals surface area contributed by atoms with Gasteiger partial charge in [-0.25, -0.2) is 4.98 Å². The first-order valence-corrected chi connectivity index (χ1v) is 9.08. The average molecular weight is 332 g/mol. The lowest BCUT2D eigenvalue weighted by atomic mass is 9.90. The van der Waals surface area contributed by atoms with Crippen LogP contribution in [0.2, 0.25) is 0 Å². The molecule has 0 spiro atoms. The molecular formula is C17H20N2O3S. The Kier molecular flexibility index (Phi) is 4.18. The van der Waals surface area contributed by atoms with Crippen molar-refractivity contribution in [2.45, 2.75) is 44.2 Å². The minimum atomic E-state index is 0.168. The van der Waals surface area contributed by atoms with Crippen LogP contribution in [0.1, 0.15) is 31.4 Å². The maximum Gasteiger partial charge on any atom is 0.229 e. The zero-order valence-corrected chi connectivity index (χ0v) is 13.8. The fourth-order valence-corrected chi connectivity index (χ4v) is 4.35. The minimum Gasteiger partial charge on any atom is -0.462 e. The van der Waals surface area contributed by atoms with Gasteiger partial charge in [-0.1, -0.05) is 12.8 Å². The monoisotopic (exact) mass is 332 g/mol. The molecule has 2 atom stereocenters. The number of fused-ring (bicyclic) bond motifs is 1. The molecule has 5 nitrogen and oxygen atoms in total. The largest absolute Gasteiger partial charge is 0.462 e. The van der Waals surface area contributed by atoms with Crippen LogP contribution in [0.25, 0.3) is 10.8 Å². The van der Waals surface area contributed by atoms with Gasteiger partial charge in [-0.2, -0.15) is 0 Å². The SMILES string of the molecule is O=C(Cc1csc(-c2ccco2)n1)N1CCO[C@H]2CCCC[C@@H]21. The van der Waals surface area contributed by atoms with Crippen molar-refractivity contribution in [1.82, 2.24) is 9.88 Å². The molecule has 1 aliphatic carbocycles. The third kappa shape index (κ3) is 3.05. The molecule has 1 saturated heterocycles. The third-order valence-corrected chi connectivity index (χ3v) is 5.57. The van der Waals surface area contributed by atoms with E-state index in [0.717, 1.165) is 29.3 Å². The molecule has 2 aromatic rings. The topological polar surface area (TPSA) is 55.6 Å². The van der Waals surface area contributed by atoms with E-state index in [1.165, 1.54) is 24.2 Å². The number of aromatic nitrogens is 1. The van der Waals surface area contributed by atoms with Crippen LogP contribution in [0, 0.1) is 0 Å². The predicted molar refractivity (Wildman–Crippen MR) is 87.2 cm³/mol. The highest BCUT2D eigenvalue weighted by molar-refractivity contribution is 7.13. The molecule has 122 valence electrons. The zero-order valence-electron chi connectivity index (χ0n) is 12.9. The van der Waals surface area contributed by atoms with Crippen LogP contribution in [0.5, 0.6) is 0 Å². The molecule has 0 radical (unpaired) electrons. The van der Waals surface area contributed by atoms with Crippen LogP contribution >= 0.6 is 11.3 Å². The second-order valence-electron chi connectivity index (χ2n) is 6.15. The van der Waals surface area contributed by atoms with Gasteiger partial charge >= 0.3 is 0 Å². The summed E-state index contributed by atoms with van der Waals surface area (Å²) in [5, 5.41) is 2.78. The highest BCUT2D eigenvalue weighted by Crippen LogP contribution is 2.29. The first-order chi connectivity index (χ1) is 11.3. The average Bonchev–Trinajstić information content (AvgIpc) is 3.25. The van der Waals surface area contributed by atoms with Gasteiger partial charge in [0.25, 0.3) is 0 Å². The standard InChI is InChI=1S/C17H20N2O3S/c20-16(19-7-9-22-14-5-2-1-4-13(14)19)10-12-11-23-17(18-12)15-6-3-8-21-15/h3,6,8,11,13-14H,1-2,4-5,7,9-10H2/t13-,14-/m0/s1. The molecular weight excluding hydrogens is 312 g/mol. The molecule has 2 aromatic heterocycles. The van der Waals surface area contributed by atoms with Gasteiger partial charge in [0, 0.05) is 11.9 Å². The maximum atomic E-state index is 12.7. The van der Waals surface area contributed by atoms with Crippen molar-refractivity contribution < 1.29 is 13.9 Å². The fourth-order valence-electron chi connectivity index (χ4n) is 3.56. The van der Waals surface area contributed by atoms with Crippen LogP contribution in [0.4, 0.5) is 0 Å². The lowest BCUT2D eigenvalue weighted by Gasteiger charge is -2.43. The fraction of sp³-hybridized carbons (Fsp3) is 0.529. The number of nitrogens with zero attached hydrogens (tertiary/aromatic N) is 2. The second kappa shape index (κ2) is 6.45. The lowest BCUT2D eigenvalue weighted by molar-refractivity contribution is -0.148. The molecule has 2 aliphatic rings. The van der Waals surface area contributed by atoms with Crippen LogP contribution in [-0.2, 0) is 16.0 Å². The normalized spacial score (nSPS) is 24.4. The molecule has 3 heterocycles. The Morgan fingerprint density at radius 1 is 1.39 bits per heavy atom. The Bertz CT molecular complexity index is 665. The zero-order chi connectivity index (χ0) is 15.6. The quantitative estimate of drug-likeness (QED) is 0.866. The molecule has 2 fully saturated rings. The summed E-state index contributed by atoms with van der Waals surface area (Å²) in [6, 6.07) is 3.99. The van der Waals surface area contributed by atoms with Gasteiger partial charge in [0.05, 0.1) is 37.1 Å². The van der Waals surface area contributed by atoms with E-state index in [4.69, 9.17) is 9.15 Å². The Balaban J connectivity index is 1.45. The van der Waals surface area contributed by atoms with Gasteiger partial charge in [-0.05, 0) is 25.0 Å². The number of morpholine rings is 1. The smallest absolute Gasteiger partial charge is 0.229 e. The van der Waals surface area contributed by atoms with Crippen molar-refractivity contribution in [3.05, 3.63) is 29.5 Å². The van der Waals surface area contributed by atoms with E-state index in [1.807, 2.05) is 22.4 Å². The van der Waals surface area contributed by atoms with E-state index < -0.39 is 0 Å². The Morgan fingerprint density at radius 3 is 3.17 bits per heavy atom. The van der Waals surface area contributed by atoms with Gasteiger partial charge in [0.2, 0.25) is 5.91 Å². The minimum absolute atomic E-state index is 0.168. The molecule has 1 aliphatic heterocycles. The first kappa shape index (κ1) is 14.9. The van der Waals surface area contributed by atoms with Crippen LogP contribution in [-0.4, -0.2) is 41.1 Å². The summed E-state index contributed by atoms with van der Waals surface area (Å²) < 4.78 is 11.2. The van der Waals surface area contributed by atoms with Gasteiger partial charge in [-0.3, -0.25) is 4.79 Å². The summed E-state index contributed by atoms with van der Waals surface area (Å²) in [5.74, 6) is 0.925. The number of hydrogen-bond donors (Lipinski definition) is 0. The van der Waals surface area contributed by atoms with E-state index in [9.17, 15) is 4.79 Å². The summed E-state index contributed by atoms with van der Waals surface area (Å²) >= 11 is 1.52. The van der Waals surface area contributed by atoms with Crippen molar-refractivity contribution in [2.75, 3.05) is 13.2 Å². The van der Waals surface area contributed by atoms with E-state index in [1.54, 1.807) is 6.26 Å². The van der Waals surface area contributed by atoms with Gasteiger partial charge in [0.1, 0.15) is 0 Å². The number of hydrogen-bond acceptors (Lipinski definition) is 5. The molecule has 23 heavy (non-hydrogen) atoms. The molecule has 0 aromatic carbocycles. The van der Waals surface area contributed by atoms with Crippen LogP contribution in [0.15, 0.2) is 28.2 Å². The molecule has 4 rings (SSSR count). The summed E-state index contributed by atoms with van der Waals surface area (Å²) in [5.41, 5.74) is 0.824. The van der Waals surface area contributed by atoms with Crippen LogP contribution in [0.3, 0.4) is 0 Å². The number of furan rings is 1. The molecule has 1 amide bonds. The van der Waals surface area contributed by atoms with E-state index >= 15 is 0 Å². The summed E-state index contributed by atoms with van der Waals surface area (Å²) in [6.45, 7) is 1.36. The number of ether oxygens (including phenoxy) is 1. The first-order valence-electron chi connectivity index (χ1n) is 8.20. The van der Waals surface area contributed by atoms with Crippen molar-refractivity contribution in [3.8, 4) is 10.8 Å². The summed E-state index contributed by atoms with van der Waals surface area (Å²) in [7, 11) is 0. The third-order valence-electron chi connectivity index (χ3n) is 4.67. The molecule has 0 N–H and O–H groups in total. The Morgan fingerprint density at radius 2 is 2.30 bits per heavy atom. The molecule has 0 bridgehead atoms. The summed E-state index contributed by atoms with van der Waals surface area (Å²) in [6.07, 6.45) is 6.77. The Labute approximate surface area is 139 Å². The van der Waals surface area contributed by atoms with Crippen molar-refractivity contribution >= 4 is 17.2 Å². The highest BCUT2D eigenvalue weighted by Gasteiger charge is 2.36. The lowest BCUT2D eigenvalue weighted by Crippen LogP contribution is -2.55. The van der Waals surface area contributed by atoms with Crippen molar-refractivity contribution in [2.24, 2.45) is 0 Å². The van der Waals surface area contributed by atoms with Gasteiger partial charge < -0.3 is 14.1 Å². The van der Waals surface area contributed by atoms with Gasteiger partial charge in [-0.15, -0.1) is 11.3 Å². The van der Waals surface area contributed by atoms with E-state index in [-0.39, 0.29) is 18.1 Å². The summed E-state index contributed by atoms with van der Waals surface area (Å²) in [4.78, 5) is 19.3. The number of carbonyl (C=O) groups excluding carboxylic acids is 1. The predicted octanol–water partition coefficient (Wildman–Crippen LogP) is 3.12. The second-order valence-corrected chi connectivity index (χ2v) is 7.00. The van der Waals surface area contributed by atoms with Crippen LogP contribution < -0.4 is 0 Å². The number of amides is 1. The van der Waals surface area contributed by atoms with Gasteiger partial charge in [0.15, 0.2) is 10.8 Å². The van der Waals surface area contributed by atoms with Crippen molar-refractivity contribution in [3.63, 3.8) is 0 Å². The number of thiazole rings is 1. The van der Waals surface area contributed by atoms with E-state index in [0.29, 0.717) is 19.6 Å². The number of carbonyl (C=O) groups is 1. The molecule has 6 heteroatoms. The van der Waals surface area contributed by atoms with E-state index in [2.05, 4.69) is 4.98 Å². The number of rotatable bonds is 3. The Hall–Kier alpha value is -1.66. The molecule has 1 saturated carbocycles. The maximum absolute atomic E-state index is 12.7. The van der Waals surface area contributed by atoms with Crippen molar-refractivity contribution in [1.29, 1.82) is 0 Å². The highest BCUT2D eigenvalue weighted by atomic mass is 32.1. The molecule has 0 unspecified atom stereocenters.